The number of nitrogens with zero attached hydrogens (tertiary/aromatic N) is 2. The number of carboxylic acids is 1. The number of carbonyl (C=O) groups is 2. The van der Waals surface area contributed by atoms with Gasteiger partial charge in [-0.15, -0.1) is 0 Å². The van der Waals surface area contributed by atoms with E-state index in [1.165, 1.54) is 19.2 Å². The van der Waals surface area contributed by atoms with Crippen molar-refractivity contribution in [3.63, 3.8) is 0 Å². The smallest absolute Gasteiger partial charge is 0.433 e. The maximum absolute atomic E-state index is 12.5. The monoisotopic (exact) mass is 504 g/mol. The lowest BCUT2D eigenvalue weighted by molar-refractivity contribution is -0.146. The molecule has 0 spiro atoms. The summed E-state index contributed by atoms with van der Waals surface area (Å²) in [4.78, 5) is 29.4. The first-order chi connectivity index (χ1) is 16.3. The summed E-state index contributed by atoms with van der Waals surface area (Å²) >= 11 is 0. The molecule has 0 saturated carbocycles. The molecular weight excluding hydrogens is 482 g/mol. The lowest BCUT2D eigenvalue weighted by atomic mass is 9.86. The van der Waals surface area contributed by atoms with Crippen molar-refractivity contribution < 1.29 is 45.8 Å². The number of aliphatic carboxylic acids is 1. The third-order valence-corrected chi connectivity index (χ3v) is 5.99. The Labute approximate surface area is 196 Å². The van der Waals surface area contributed by atoms with Gasteiger partial charge in [-0.3, -0.25) is 9.59 Å². The predicted molar refractivity (Wildman–Crippen MR) is 109 cm³/mol. The zero-order valence-electron chi connectivity index (χ0n) is 18.5. The Morgan fingerprint density at radius 1 is 0.829 bits per heavy atom. The fourth-order valence-electron chi connectivity index (χ4n) is 4.12. The highest BCUT2D eigenvalue weighted by molar-refractivity contribution is 5.73. The summed E-state index contributed by atoms with van der Waals surface area (Å²) in [6.07, 6.45) is -6.73. The van der Waals surface area contributed by atoms with E-state index in [1.807, 2.05) is 0 Å². The summed E-state index contributed by atoms with van der Waals surface area (Å²) in [5.74, 6) is -2.02. The van der Waals surface area contributed by atoms with Gasteiger partial charge in [0.25, 0.3) is 0 Å². The second-order valence-electron chi connectivity index (χ2n) is 8.34. The molecule has 0 fully saturated rings. The van der Waals surface area contributed by atoms with E-state index in [0.717, 1.165) is 12.1 Å². The van der Waals surface area contributed by atoms with E-state index >= 15 is 0 Å². The van der Waals surface area contributed by atoms with Crippen LogP contribution < -0.4 is 0 Å². The van der Waals surface area contributed by atoms with Crippen molar-refractivity contribution >= 4 is 11.9 Å². The maximum Gasteiger partial charge on any atom is 0.433 e. The zero-order chi connectivity index (χ0) is 26.0. The molecule has 2 aliphatic rings. The van der Waals surface area contributed by atoms with Gasteiger partial charge < -0.3 is 9.84 Å². The topological polar surface area (TPSA) is 89.4 Å². The van der Waals surface area contributed by atoms with Gasteiger partial charge in [0.1, 0.15) is 11.4 Å². The molecule has 12 heteroatoms. The summed E-state index contributed by atoms with van der Waals surface area (Å²) in [5, 5.41) is 8.85. The molecule has 4 rings (SSSR count). The van der Waals surface area contributed by atoms with Gasteiger partial charge in [-0.05, 0) is 61.8 Å². The van der Waals surface area contributed by atoms with Crippen LogP contribution in [0.1, 0.15) is 46.7 Å². The first-order valence-electron chi connectivity index (χ1n) is 10.7. The number of ether oxygens (including phenoxy) is 1. The third-order valence-electron chi connectivity index (χ3n) is 5.99. The van der Waals surface area contributed by atoms with Crippen LogP contribution >= 0.6 is 0 Å². The second kappa shape index (κ2) is 10.2. The van der Waals surface area contributed by atoms with Crippen molar-refractivity contribution in [1.82, 2.24) is 9.97 Å². The summed E-state index contributed by atoms with van der Waals surface area (Å²) in [5.41, 5.74) is 0.325. The fraction of sp³-hybridized carbons (Fsp3) is 0.478. The predicted octanol–water partition coefficient (Wildman–Crippen LogP) is 4.67. The number of aromatic nitrogens is 2. The van der Waals surface area contributed by atoms with Gasteiger partial charge in [0.15, 0.2) is 0 Å². The third kappa shape index (κ3) is 6.49. The van der Waals surface area contributed by atoms with Crippen molar-refractivity contribution in [3.8, 4) is 0 Å². The summed E-state index contributed by atoms with van der Waals surface area (Å²) in [7, 11) is 1.31. The molecule has 0 radical (unpaired) electrons. The molecule has 2 aromatic rings. The van der Waals surface area contributed by atoms with Gasteiger partial charge in [0.05, 0.1) is 18.9 Å². The maximum atomic E-state index is 12.5. The van der Waals surface area contributed by atoms with E-state index in [1.54, 1.807) is 0 Å². The molecule has 0 aromatic carbocycles. The van der Waals surface area contributed by atoms with Crippen LogP contribution in [0.4, 0.5) is 26.3 Å². The molecule has 190 valence electrons. The molecule has 2 atom stereocenters. The lowest BCUT2D eigenvalue weighted by Crippen LogP contribution is -2.25. The summed E-state index contributed by atoms with van der Waals surface area (Å²) < 4.78 is 79.3. The zero-order valence-corrected chi connectivity index (χ0v) is 18.5. The molecule has 2 aromatic heterocycles. The van der Waals surface area contributed by atoms with Crippen LogP contribution in [0.15, 0.2) is 24.3 Å². The molecule has 2 heterocycles. The van der Waals surface area contributed by atoms with E-state index in [2.05, 4.69) is 14.7 Å². The minimum absolute atomic E-state index is 0.260. The second-order valence-corrected chi connectivity index (χ2v) is 8.34. The van der Waals surface area contributed by atoms with Crippen molar-refractivity contribution in [2.75, 3.05) is 7.11 Å². The Hall–Kier alpha value is -3.18. The van der Waals surface area contributed by atoms with Crippen LogP contribution in [0.5, 0.6) is 0 Å². The molecule has 2 aliphatic carbocycles. The summed E-state index contributed by atoms with van der Waals surface area (Å²) in [6.45, 7) is 0. The van der Waals surface area contributed by atoms with Crippen molar-refractivity contribution in [3.05, 3.63) is 58.2 Å². The number of carbonyl (C=O) groups excluding carboxylic acids is 1. The number of hydrogen-bond donors (Lipinski definition) is 1. The highest BCUT2D eigenvalue weighted by Crippen LogP contribution is 2.32. The number of fused-ring (bicyclic) bond motifs is 2. The van der Waals surface area contributed by atoms with Crippen molar-refractivity contribution in [2.24, 2.45) is 11.8 Å². The minimum atomic E-state index is -4.45. The van der Waals surface area contributed by atoms with Gasteiger partial charge in [0, 0.05) is 11.4 Å². The van der Waals surface area contributed by atoms with Crippen LogP contribution in [-0.4, -0.2) is 34.1 Å². The normalized spacial score (nSPS) is 19.5. The number of methoxy groups -OCH3 is 1. The highest BCUT2D eigenvalue weighted by Gasteiger charge is 2.35. The van der Waals surface area contributed by atoms with Crippen molar-refractivity contribution in [2.45, 2.75) is 50.9 Å². The van der Waals surface area contributed by atoms with Gasteiger partial charge in [0.2, 0.25) is 0 Å². The van der Waals surface area contributed by atoms with E-state index in [4.69, 9.17) is 5.11 Å². The first-order valence-corrected chi connectivity index (χ1v) is 10.7. The quantitative estimate of drug-likeness (QED) is 0.473. The molecule has 0 aliphatic heterocycles. The Balaban J connectivity index is 0.000000196. The van der Waals surface area contributed by atoms with Crippen LogP contribution in [0.3, 0.4) is 0 Å². The van der Waals surface area contributed by atoms with Crippen LogP contribution in [0, 0.1) is 11.8 Å². The van der Waals surface area contributed by atoms with Crippen LogP contribution in [-0.2, 0) is 52.4 Å². The molecule has 0 bridgehead atoms. The Kier molecular flexibility index (Phi) is 7.71. The van der Waals surface area contributed by atoms with Gasteiger partial charge in [-0.25, -0.2) is 9.97 Å². The number of pyridine rings is 2. The Bertz CT molecular complexity index is 1100. The molecule has 2 unspecified atom stereocenters. The van der Waals surface area contributed by atoms with Gasteiger partial charge in [-0.1, -0.05) is 12.1 Å². The average molecular weight is 504 g/mol. The molecule has 35 heavy (non-hydrogen) atoms. The van der Waals surface area contributed by atoms with E-state index in [0.29, 0.717) is 48.2 Å². The number of halogens is 6. The first kappa shape index (κ1) is 26.4. The molecular formula is C23H22F6N2O4. The Morgan fingerprint density at radius 3 is 1.66 bits per heavy atom. The molecule has 6 nitrogen and oxygen atoms in total. The van der Waals surface area contributed by atoms with E-state index < -0.39 is 35.6 Å². The summed E-state index contributed by atoms with van der Waals surface area (Å²) in [6, 6.07) is 4.60. The van der Waals surface area contributed by atoms with E-state index in [9.17, 15) is 35.9 Å². The highest BCUT2D eigenvalue weighted by atomic mass is 19.4. The average Bonchev–Trinajstić information content (AvgIpc) is 2.81. The molecule has 0 saturated heterocycles. The Morgan fingerprint density at radius 2 is 1.26 bits per heavy atom. The number of rotatable bonds is 2. The number of esters is 1. The fourth-order valence-corrected chi connectivity index (χ4v) is 4.12. The molecule has 0 amide bonds. The molecule has 1 N–H and O–H groups in total. The number of aryl methyl sites for hydroxylation is 2. The van der Waals surface area contributed by atoms with Gasteiger partial charge in [-0.2, -0.15) is 26.3 Å². The number of hydrogen-bond acceptors (Lipinski definition) is 5. The van der Waals surface area contributed by atoms with E-state index in [-0.39, 0.29) is 24.7 Å². The number of alkyl halides is 6. The SMILES string of the molecule is COC(=O)C1CCc2nc(C(F)(F)F)ccc2C1.O=C(O)C1CCc2nc(C(F)(F)F)ccc2C1. The standard InChI is InChI=1S/C12H12F3NO2.C11H10F3NO2/c1-18-11(17)8-2-4-9-7(6-8)3-5-10(16-9)12(13,14)15;12-11(13,14)9-4-2-6-5-7(10(16)17)1-3-8(6)15-9/h3,5,8H,2,4,6H2,1H3;2,4,7H,1,3,5H2,(H,16,17). The van der Waals surface area contributed by atoms with Gasteiger partial charge >= 0.3 is 24.3 Å². The lowest BCUT2D eigenvalue weighted by Gasteiger charge is -2.22. The van der Waals surface area contributed by atoms with Crippen LogP contribution in [0.25, 0.3) is 0 Å². The van der Waals surface area contributed by atoms with Crippen LogP contribution in [0.2, 0.25) is 0 Å². The van der Waals surface area contributed by atoms with Crippen molar-refractivity contribution in [1.29, 1.82) is 0 Å². The largest absolute Gasteiger partial charge is 0.481 e. The number of carboxylic acid groups (broad SMARTS) is 1. The minimum Gasteiger partial charge on any atom is -0.481 e.